The maximum Gasteiger partial charge on any atom is 0.272 e. The van der Waals surface area contributed by atoms with Crippen LogP contribution in [-0.2, 0) is 18.9 Å². The number of benzene rings is 1. The number of methoxy groups -OCH3 is 1. The highest BCUT2D eigenvalue weighted by Gasteiger charge is 2.26. The molecule has 0 fully saturated rings. The Hall–Kier alpha value is -3.85. The molecule has 9 heteroatoms. The predicted octanol–water partition coefficient (Wildman–Crippen LogP) is 4.08. The number of rotatable bonds is 6. The van der Waals surface area contributed by atoms with Crippen molar-refractivity contribution in [2.75, 3.05) is 29.8 Å². The fourth-order valence-corrected chi connectivity index (χ4v) is 4.31. The molecule has 0 saturated heterocycles. The number of nitrogens with zero attached hydrogens (tertiary/aromatic N) is 4. The van der Waals surface area contributed by atoms with E-state index in [0.717, 1.165) is 35.4 Å². The van der Waals surface area contributed by atoms with Gasteiger partial charge in [0, 0.05) is 20.3 Å². The molecular weight excluding hydrogens is 442 g/mol. The first-order chi connectivity index (χ1) is 16.6. The number of aromatic nitrogens is 3. The topological polar surface area (TPSA) is 110 Å². The molecule has 1 aromatic carbocycles. The van der Waals surface area contributed by atoms with Gasteiger partial charge in [-0.25, -0.2) is 15.8 Å². The lowest BCUT2D eigenvalue weighted by Crippen LogP contribution is -2.27. The number of anilines is 3. The zero-order chi connectivity index (χ0) is 25.3. The number of fused-ring (bicyclic) bond motifs is 1. The molecular formula is C26H33N7O2. The molecule has 2 aromatic heterocycles. The predicted molar refractivity (Wildman–Crippen MR) is 140 cm³/mol. The number of hydrazine groups is 1. The van der Waals surface area contributed by atoms with Crippen molar-refractivity contribution in [3.63, 3.8) is 0 Å². The van der Waals surface area contributed by atoms with Gasteiger partial charge in [-0.3, -0.25) is 4.79 Å². The van der Waals surface area contributed by atoms with Gasteiger partial charge in [-0.15, -0.1) is 0 Å². The Balaban J connectivity index is 1.69. The van der Waals surface area contributed by atoms with Crippen LogP contribution in [-0.4, -0.2) is 34.6 Å². The Labute approximate surface area is 206 Å². The third-order valence-corrected chi connectivity index (χ3v) is 6.17. The average molecular weight is 476 g/mol. The largest absolute Gasteiger partial charge is 0.492 e. The van der Waals surface area contributed by atoms with Crippen LogP contribution in [0.3, 0.4) is 0 Å². The van der Waals surface area contributed by atoms with E-state index in [-0.39, 0.29) is 11.3 Å². The van der Waals surface area contributed by atoms with Crippen LogP contribution in [0.15, 0.2) is 42.9 Å². The van der Waals surface area contributed by atoms with Crippen molar-refractivity contribution < 1.29 is 9.53 Å². The maximum absolute atomic E-state index is 13.5. The Morgan fingerprint density at radius 3 is 2.66 bits per heavy atom. The van der Waals surface area contributed by atoms with Crippen LogP contribution in [0.5, 0.6) is 5.75 Å². The van der Waals surface area contributed by atoms with Crippen molar-refractivity contribution >= 4 is 28.8 Å². The number of nitrogens with two attached hydrogens (primary N) is 1. The molecule has 1 aliphatic rings. The number of carbonyl (C=O) groups excluding carboxylic acids is 1. The monoisotopic (exact) mass is 475 g/mol. The Morgan fingerprint density at radius 1 is 1.26 bits per heavy atom. The third kappa shape index (κ3) is 4.85. The fraction of sp³-hybridized carbons (Fsp3) is 0.346. The van der Waals surface area contributed by atoms with Gasteiger partial charge in [-0.1, -0.05) is 26.8 Å². The molecule has 4 N–H and O–H groups in total. The van der Waals surface area contributed by atoms with Gasteiger partial charge in [0.05, 0.1) is 29.9 Å². The van der Waals surface area contributed by atoms with Gasteiger partial charge in [0.25, 0.3) is 5.91 Å². The summed E-state index contributed by atoms with van der Waals surface area (Å²) < 4.78 is 7.58. The zero-order valence-electron chi connectivity index (χ0n) is 21.1. The van der Waals surface area contributed by atoms with Crippen LogP contribution in [0.1, 0.15) is 54.5 Å². The molecule has 0 saturated carbocycles. The minimum atomic E-state index is -0.224. The molecule has 9 nitrogen and oxygen atoms in total. The minimum absolute atomic E-state index is 0.146. The van der Waals surface area contributed by atoms with Crippen LogP contribution in [0.25, 0.3) is 5.70 Å². The van der Waals surface area contributed by atoms with Gasteiger partial charge < -0.3 is 24.9 Å². The number of ether oxygens (including phenoxy) is 1. The third-order valence-electron chi connectivity index (χ3n) is 6.17. The molecule has 35 heavy (non-hydrogen) atoms. The van der Waals surface area contributed by atoms with Crippen LogP contribution in [0.2, 0.25) is 0 Å². The van der Waals surface area contributed by atoms with Crippen LogP contribution in [0, 0.1) is 0 Å². The van der Waals surface area contributed by atoms with Gasteiger partial charge in [0.15, 0.2) is 5.75 Å². The summed E-state index contributed by atoms with van der Waals surface area (Å²) in [6.07, 6.45) is 7.05. The van der Waals surface area contributed by atoms with E-state index < -0.39 is 0 Å². The van der Waals surface area contributed by atoms with Crippen molar-refractivity contribution in [3.05, 3.63) is 65.4 Å². The van der Waals surface area contributed by atoms with E-state index in [1.54, 1.807) is 20.4 Å². The summed E-state index contributed by atoms with van der Waals surface area (Å²) in [5, 5.41) is 7.93. The molecule has 1 aliphatic carbocycles. The second kappa shape index (κ2) is 9.42. The van der Waals surface area contributed by atoms with E-state index in [1.807, 2.05) is 35.9 Å². The summed E-state index contributed by atoms with van der Waals surface area (Å²) in [6.45, 7) is 6.35. The fourth-order valence-electron chi connectivity index (χ4n) is 4.31. The Kier molecular flexibility index (Phi) is 6.53. The average Bonchev–Trinajstić information content (AvgIpc) is 3.16. The van der Waals surface area contributed by atoms with E-state index in [9.17, 15) is 4.79 Å². The Morgan fingerprint density at radius 2 is 2.03 bits per heavy atom. The molecule has 0 spiro atoms. The van der Waals surface area contributed by atoms with Crippen molar-refractivity contribution in [3.8, 4) is 5.75 Å². The molecule has 4 rings (SSSR count). The van der Waals surface area contributed by atoms with E-state index in [2.05, 4.69) is 47.4 Å². The molecule has 2 heterocycles. The molecule has 1 amide bonds. The highest BCUT2D eigenvalue weighted by Crippen LogP contribution is 2.40. The zero-order valence-corrected chi connectivity index (χ0v) is 21.1. The number of aryl methyl sites for hydroxylation is 1. The lowest BCUT2D eigenvalue weighted by Gasteiger charge is -2.26. The first-order valence-electron chi connectivity index (χ1n) is 11.5. The van der Waals surface area contributed by atoms with Crippen molar-refractivity contribution in [1.29, 1.82) is 0 Å². The Bertz CT molecular complexity index is 1270. The van der Waals surface area contributed by atoms with E-state index >= 15 is 0 Å². The van der Waals surface area contributed by atoms with Gasteiger partial charge in [0.1, 0.15) is 17.8 Å². The number of hydrogen-bond donors (Lipinski definition) is 3. The number of carbonyl (C=O) groups is 1. The van der Waals surface area contributed by atoms with E-state index in [0.29, 0.717) is 28.6 Å². The maximum atomic E-state index is 13.5. The first-order valence-corrected chi connectivity index (χ1v) is 11.5. The molecule has 3 aromatic rings. The summed E-state index contributed by atoms with van der Waals surface area (Å²) in [5.74, 6) is 7.09. The normalized spacial score (nSPS) is 13.1. The lowest BCUT2D eigenvalue weighted by atomic mass is 9.86. The number of hydrogen-bond acceptors (Lipinski definition) is 7. The highest BCUT2D eigenvalue weighted by atomic mass is 16.5. The van der Waals surface area contributed by atoms with Gasteiger partial charge in [0.2, 0.25) is 0 Å². The number of nitrogens with one attached hydrogen (secondary N) is 2. The van der Waals surface area contributed by atoms with Crippen molar-refractivity contribution in [2.45, 2.75) is 39.0 Å². The summed E-state index contributed by atoms with van der Waals surface area (Å²) in [4.78, 5) is 21.8. The molecule has 0 unspecified atom stereocenters. The number of allylic oxidation sites excluding steroid dienone is 1. The lowest BCUT2D eigenvalue weighted by molar-refractivity contribution is 0.101. The highest BCUT2D eigenvalue weighted by molar-refractivity contribution is 6.05. The minimum Gasteiger partial charge on any atom is -0.492 e. The van der Waals surface area contributed by atoms with Gasteiger partial charge >= 0.3 is 0 Å². The van der Waals surface area contributed by atoms with Crippen LogP contribution >= 0.6 is 0 Å². The molecule has 184 valence electrons. The van der Waals surface area contributed by atoms with Gasteiger partial charge in [-0.05, 0) is 53.6 Å². The molecule has 0 atom stereocenters. The molecule has 0 bridgehead atoms. The smallest absolute Gasteiger partial charge is 0.272 e. The quantitative estimate of drug-likeness (QED) is 0.364. The van der Waals surface area contributed by atoms with Crippen LogP contribution in [0.4, 0.5) is 17.2 Å². The molecule has 0 aliphatic heterocycles. The number of amides is 1. The van der Waals surface area contributed by atoms with Gasteiger partial charge in [-0.2, -0.15) is 0 Å². The summed E-state index contributed by atoms with van der Waals surface area (Å²) >= 11 is 0. The van der Waals surface area contributed by atoms with Crippen LogP contribution < -0.4 is 26.2 Å². The second-order valence-electron chi connectivity index (χ2n) is 9.73. The summed E-state index contributed by atoms with van der Waals surface area (Å²) in [5.41, 5.74) is 5.71. The molecule has 0 radical (unpaired) electrons. The second-order valence-corrected chi connectivity index (χ2v) is 9.73. The first kappa shape index (κ1) is 24.3. The summed E-state index contributed by atoms with van der Waals surface area (Å²) in [7, 11) is 5.22. The van der Waals surface area contributed by atoms with E-state index in [4.69, 9.17) is 10.6 Å². The summed E-state index contributed by atoms with van der Waals surface area (Å²) in [6, 6.07) is 7.71. The van der Waals surface area contributed by atoms with E-state index in [1.165, 1.54) is 11.3 Å². The van der Waals surface area contributed by atoms with Crippen molar-refractivity contribution in [2.24, 2.45) is 12.9 Å². The van der Waals surface area contributed by atoms with Crippen molar-refractivity contribution in [1.82, 2.24) is 14.5 Å². The standard InChI is InChI=1S/C26H33N7O2/c1-26(2,3)17-13-19(24(35-6)20(14-17)33(5)27)31-25(34)21-12-16-8-7-9-18(23(16)32(21)4)30-22-10-11-28-15-29-22/h9-15H,7-8,27H2,1-6H3,(H,31,34)(H,28,29,30). The SMILES string of the molecule is COc1c(NC(=O)c2cc3c(n2C)C(Nc2ccncn2)=CCC3)cc(C(C)(C)C)cc1N(C)N.